The molecule has 1 heterocycles. The molecule has 0 fully saturated rings. The van der Waals surface area contributed by atoms with E-state index >= 15 is 0 Å². The van der Waals surface area contributed by atoms with E-state index in [1.165, 1.54) is 0 Å². The molecule has 0 aliphatic carbocycles. The van der Waals surface area contributed by atoms with Gasteiger partial charge in [-0.1, -0.05) is 96.5 Å². The molecule has 0 radical (unpaired) electrons. The zero-order valence-corrected chi connectivity index (χ0v) is 24.4. The van der Waals surface area contributed by atoms with Gasteiger partial charge in [0.15, 0.2) is 11.6 Å². The van der Waals surface area contributed by atoms with Gasteiger partial charge in [-0.05, 0) is 53.1 Å². The third kappa shape index (κ3) is 7.70. The molecule has 0 saturated heterocycles. The van der Waals surface area contributed by atoms with Crippen molar-refractivity contribution in [1.82, 2.24) is 10.9 Å². The number of aliphatic hydroxyl groups excluding tert-OH is 1. The number of nitrogens with zero attached hydrogens (tertiary/aromatic N) is 1. The van der Waals surface area contributed by atoms with Gasteiger partial charge in [0.2, 0.25) is 5.90 Å². The fourth-order valence-electron chi connectivity index (χ4n) is 4.82. The van der Waals surface area contributed by atoms with E-state index in [2.05, 4.69) is 10.9 Å². The number of halogens is 1. The van der Waals surface area contributed by atoms with Crippen molar-refractivity contribution in [3.05, 3.63) is 143 Å². The second-order valence-corrected chi connectivity index (χ2v) is 10.6. The Balaban J connectivity index is 1.46. The Hall–Kier alpha value is -4.43. The van der Waals surface area contributed by atoms with E-state index in [4.69, 9.17) is 31.2 Å². The van der Waals surface area contributed by atoms with E-state index in [1.54, 1.807) is 0 Å². The summed E-state index contributed by atoms with van der Waals surface area (Å²) in [6.07, 6.45) is 4.13. The quantitative estimate of drug-likeness (QED) is 0.125. The molecule has 0 aromatic heterocycles. The molecule has 4 aromatic carbocycles. The molecular formula is C35H34ClN3O4. The highest BCUT2D eigenvalue weighted by atomic mass is 35.5. The van der Waals surface area contributed by atoms with Crippen LogP contribution < -0.4 is 15.6 Å². The second-order valence-electron chi connectivity index (χ2n) is 10.2. The van der Waals surface area contributed by atoms with Gasteiger partial charge in [-0.25, -0.2) is 10.4 Å². The highest BCUT2D eigenvalue weighted by Gasteiger charge is 2.52. The third-order valence-corrected chi connectivity index (χ3v) is 7.33. The summed E-state index contributed by atoms with van der Waals surface area (Å²) in [7, 11) is 0. The van der Waals surface area contributed by atoms with Crippen LogP contribution in [-0.2, 0) is 16.1 Å². The standard InChI is InChI=1S/C35H34ClN3O4/c36-30-18-14-27(15-19-30)25-37-39-34(41)35(22-7-11-26-9-3-1-4-10-26)32(28-12-5-2-6-13-28)43-33(38-35)29-16-20-31(21-17-29)42-24-8-23-40/h1-7,9-21,32,37,40H,8,22-25H2,(H,39,41)/b11-7+/t32-,35-/m0/s1. The number of hydrazine groups is 1. The Kier molecular flexibility index (Phi) is 10.2. The number of aliphatic hydroxyl groups is 1. The minimum absolute atomic E-state index is 0.0705. The number of benzene rings is 4. The van der Waals surface area contributed by atoms with Crippen LogP contribution in [-0.4, -0.2) is 35.7 Å². The van der Waals surface area contributed by atoms with Crippen LogP contribution in [0, 0.1) is 0 Å². The van der Waals surface area contributed by atoms with Gasteiger partial charge < -0.3 is 14.6 Å². The lowest BCUT2D eigenvalue weighted by Gasteiger charge is -2.29. The summed E-state index contributed by atoms with van der Waals surface area (Å²) in [5, 5.41) is 9.68. The fraction of sp³-hybridized carbons (Fsp3) is 0.200. The van der Waals surface area contributed by atoms with Gasteiger partial charge >= 0.3 is 0 Å². The molecule has 0 spiro atoms. The number of aliphatic imine (C=N–C) groups is 1. The predicted molar refractivity (Wildman–Crippen MR) is 170 cm³/mol. The highest BCUT2D eigenvalue weighted by Crippen LogP contribution is 2.42. The largest absolute Gasteiger partial charge is 0.494 e. The van der Waals surface area contributed by atoms with Gasteiger partial charge in [0.25, 0.3) is 5.91 Å². The van der Waals surface area contributed by atoms with Crippen LogP contribution in [0.3, 0.4) is 0 Å². The molecule has 1 aliphatic heterocycles. The molecule has 0 bridgehead atoms. The number of carbonyl (C=O) groups excluding carboxylic acids is 1. The number of hydrogen-bond donors (Lipinski definition) is 3. The average Bonchev–Trinajstić information content (AvgIpc) is 3.44. The topological polar surface area (TPSA) is 92.2 Å². The molecule has 43 heavy (non-hydrogen) atoms. The van der Waals surface area contributed by atoms with Gasteiger partial charge in [0.05, 0.1) is 6.61 Å². The molecule has 7 nitrogen and oxygen atoms in total. The van der Waals surface area contributed by atoms with Crippen molar-refractivity contribution in [3.63, 3.8) is 0 Å². The Bertz CT molecular complexity index is 1530. The summed E-state index contributed by atoms with van der Waals surface area (Å²) in [5.74, 6) is 0.736. The Morgan fingerprint density at radius 2 is 1.65 bits per heavy atom. The van der Waals surface area contributed by atoms with Crippen molar-refractivity contribution < 1.29 is 19.4 Å². The second kappa shape index (κ2) is 14.6. The molecule has 4 aromatic rings. The van der Waals surface area contributed by atoms with Crippen LogP contribution >= 0.6 is 11.6 Å². The van der Waals surface area contributed by atoms with Gasteiger partial charge in [-0.15, -0.1) is 0 Å². The lowest BCUT2D eigenvalue weighted by Crippen LogP contribution is -2.52. The molecule has 5 rings (SSSR count). The van der Waals surface area contributed by atoms with Gasteiger partial charge in [0.1, 0.15) is 5.75 Å². The van der Waals surface area contributed by atoms with E-state index < -0.39 is 11.6 Å². The van der Waals surface area contributed by atoms with Crippen molar-refractivity contribution >= 4 is 29.5 Å². The van der Waals surface area contributed by atoms with E-state index in [-0.39, 0.29) is 12.5 Å². The molecule has 3 N–H and O–H groups in total. The van der Waals surface area contributed by atoms with Crippen LogP contribution in [0.2, 0.25) is 5.02 Å². The van der Waals surface area contributed by atoms with Gasteiger partial charge in [-0.2, -0.15) is 0 Å². The fourth-order valence-corrected chi connectivity index (χ4v) is 4.94. The summed E-state index contributed by atoms with van der Waals surface area (Å²) >= 11 is 6.03. The first-order valence-corrected chi connectivity index (χ1v) is 14.6. The number of ether oxygens (including phenoxy) is 2. The summed E-state index contributed by atoms with van der Waals surface area (Å²) < 4.78 is 12.2. The first kappa shape index (κ1) is 30.0. The van der Waals surface area contributed by atoms with Gasteiger partial charge in [-0.3, -0.25) is 10.2 Å². The molecule has 1 amide bonds. The lowest BCUT2D eigenvalue weighted by atomic mass is 9.84. The number of amides is 1. The van der Waals surface area contributed by atoms with E-state index in [9.17, 15) is 4.79 Å². The van der Waals surface area contributed by atoms with Crippen LogP contribution in [0.4, 0.5) is 0 Å². The van der Waals surface area contributed by atoms with Crippen molar-refractivity contribution in [2.24, 2.45) is 4.99 Å². The van der Waals surface area contributed by atoms with Crippen LogP contribution in [0.5, 0.6) is 5.75 Å². The van der Waals surface area contributed by atoms with Crippen LogP contribution in [0.15, 0.2) is 120 Å². The van der Waals surface area contributed by atoms with E-state index in [0.29, 0.717) is 42.7 Å². The molecule has 1 aliphatic rings. The Morgan fingerprint density at radius 1 is 0.953 bits per heavy atom. The maximum absolute atomic E-state index is 14.2. The normalized spacial score (nSPS) is 17.8. The van der Waals surface area contributed by atoms with Crippen molar-refractivity contribution in [2.75, 3.05) is 13.2 Å². The summed E-state index contributed by atoms with van der Waals surface area (Å²) in [6, 6.07) is 34.4. The molecule has 0 saturated carbocycles. The maximum atomic E-state index is 14.2. The highest BCUT2D eigenvalue weighted by molar-refractivity contribution is 6.30. The molecule has 8 heteroatoms. The van der Waals surface area contributed by atoms with E-state index in [0.717, 1.165) is 22.3 Å². The minimum atomic E-state index is -1.30. The first-order valence-electron chi connectivity index (χ1n) is 14.2. The monoisotopic (exact) mass is 595 g/mol. The average molecular weight is 596 g/mol. The summed E-state index contributed by atoms with van der Waals surface area (Å²) in [6.45, 7) is 0.897. The minimum Gasteiger partial charge on any atom is -0.494 e. The van der Waals surface area contributed by atoms with Crippen molar-refractivity contribution in [3.8, 4) is 5.75 Å². The molecule has 2 atom stereocenters. The van der Waals surface area contributed by atoms with E-state index in [1.807, 2.05) is 121 Å². The van der Waals surface area contributed by atoms with Crippen LogP contribution in [0.25, 0.3) is 6.08 Å². The van der Waals surface area contributed by atoms with Crippen molar-refractivity contribution in [1.29, 1.82) is 0 Å². The first-order chi connectivity index (χ1) is 21.1. The zero-order chi connectivity index (χ0) is 29.9. The summed E-state index contributed by atoms with van der Waals surface area (Å²) in [4.78, 5) is 19.2. The molecule has 220 valence electrons. The predicted octanol–water partition coefficient (Wildman–Crippen LogP) is 6.28. The SMILES string of the molecule is O=C(NNCc1ccc(Cl)cc1)[C@@]1(C/C=C/c2ccccc2)N=C(c2ccc(OCCCO)cc2)O[C@H]1c1ccccc1. The third-order valence-electron chi connectivity index (χ3n) is 7.08. The smallest absolute Gasteiger partial charge is 0.266 e. The number of carbonyl (C=O) groups is 1. The molecular weight excluding hydrogens is 562 g/mol. The Morgan fingerprint density at radius 3 is 2.35 bits per heavy atom. The van der Waals surface area contributed by atoms with Gasteiger partial charge in [0, 0.05) is 36.6 Å². The number of nitrogens with one attached hydrogen (secondary N) is 2. The molecule has 0 unspecified atom stereocenters. The summed E-state index contributed by atoms with van der Waals surface area (Å²) in [5.41, 5.74) is 8.22. The number of hydrogen-bond acceptors (Lipinski definition) is 6. The number of rotatable bonds is 13. The lowest BCUT2D eigenvalue weighted by molar-refractivity contribution is -0.129. The zero-order valence-electron chi connectivity index (χ0n) is 23.7. The van der Waals surface area contributed by atoms with Crippen molar-refractivity contribution in [2.45, 2.75) is 31.0 Å². The van der Waals surface area contributed by atoms with Crippen LogP contribution in [0.1, 0.15) is 41.2 Å². The maximum Gasteiger partial charge on any atom is 0.266 e. The Labute approximate surface area is 256 Å².